The molecule has 1 rings (SSSR count). The molecule has 176 valence electrons. The lowest BCUT2D eigenvalue weighted by molar-refractivity contribution is 0.0636. The van der Waals surface area contributed by atoms with Crippen molar-refractivity contribution in [1.82, 2.24) is 15.5 Å². The van der Waals surface area contributed by atoms with Gasteiger partial charge in [0.2, 0.25) is 0 Å². The molecule has 0 fully saturated rings. The molecule has 0 radical (unpaired) electrons. The number of hydrogen-bond donors (Lipinski definition) is 3. The number of amides is 1. The molecule has 0 heterocycles. The fourth-order valence-corrected chi connectivity index (χ4v) is 2.77. The minimum Gasteiger partial charge on any atom is -0.444 e. The van der Waals surface area contributed by atoms with Crippen LogP contribution in [0.4, 0.5) is 10.5 Å². The average Bonchev–Trinajstić information content (AvgIpc) is 2.67. The van der Waals surface area contributed by atoms with Crippen molar-refractivity contribution in [3.63, 3.8) is 0 Å². The van der Waals surface area contributed by atoms with E-state index >= 15 is 0 Å². The summed E-state index contributed by atoms with van der Waals surface area (Å²) in [5.74, 6) is 0.864. The monoisotopic (exact) mass is 433 g/mol. The molecule has 0 atom stereocenters. The van der Waals surface area contributed by atoms with E-state index in [-0.39, 0.29) is 0 Å². The lowest BCUT2D eigenvalue weighted by Gasteiger charge is -2.20. The molecule has 1 aromatic rings. The molecule has 0 saturated heterocycles. The summed E-state index contributed by atoms with van der Waals surface area (Å²) < 4.78 is 5.27. The maximum atomic E-state index is 11.8. The number of hydrogen-bond acceptors (Lipinski definition) is 4. The summed E-state index contributed by atoms with van der Waals surface area (Å²) in [6, 6.07) is 8.41. The van der Waals surface area contributed by atoms with Crippen molar-refractivity contribution in [3.8, 4) is 0 Å². The first-order chi connectivity index (χ1) is 14.6. The fourth-order valence-electron chi connectivity index (χ4n) is 2.77. The Hall–Kier alpha value is -2.28. The van der Waals surface area contributed by atoms with Crippen LogP contribution in [0.3, 0.4) is 0 Å². The van der Waals surface area contributed by atoms with Gasteiger partial charge in [0.25, 0.3) is 0 Å². The number of anilines is 1. The molecule has 0 aliphatic carbocycles. The van der Waals surface area contributed by atoms with E-state index in [1.54, 1.807) is 0 Å². The Morgan fingerprint density at radius 2 is 1.81 bits per heavy atom. The molecule has 0 unspecified atom stereocenters. The average molecular weight is 434 g/mol. The van der Waals surface area contributed by atoms with Crippen LogP contribution < -0.4 is 16.0 Å². The molecular weight excluding hydrogens is 390 g/mol. The van der Waals surface area contributed by atoms with Gasteiger partial charge in [-0.2, -0.15) is 0 Å². The zero-order valence-electron chi connectivity index (χ0n) is 20.5. The highest BCUT2D eigenvalue weighted by Crippen LogP contribution is 2.13. The first-order valence-electron chi connectivity index (χ1n) is 11.4. The highest BCUT2D eigenvalue weighted by molar-refractivity contribution is 5.84. The molecule has 1 aromatic carbocycles. The third-order valence-corrected chi connectivity index (χ3v) is 4.72. The van der Waals surface area contributed by atoms with Crippen LogP contribution in [0.1, 0.15) is 59.9 Å². The largest absolute Gasteiger partial charge is 0.444 e. The predicted octanol–water partition coefficient (Wildman–Crippen LogP) is 4.25. The Morgan fingerprint density at radius 1 is 1.13 bits per heavy atom. The minimum atomic E-state index is -0.508. The summed E-state index contributed by atoms with van der Waals surface area (Å²) in [5, 5.41) is 9.46. The van der Waals surface area contributed by atoms with E-state index in [2.05, 4.69) is 53.7 Å². The van der Waals surface area contributed by atoms with E-state index in [0.29, 0.717) is 6.04 Å². The minimum absolute atomic E-state index is 0.440. The van der Waals surface area contributed by atoms with Crippen molar-refractivity contribution in [1.29, 1.82) is 0 Å². The van der Waals surface area contributed by atoms with E-state index in [4.69, 9.17) is 4.74 Å². The zero-order valence-corrected chi connectivity index (χ0v) is 20.5. The Kier molecular flexibility index (Phi) is 12.0. The zero-order chi connectivity index (χ0) is 23.3. The van der Waals surface area contributed by atoms with E-state index in [9.17, 15) is 4.79 Å². The highest BCUT2D eigenvalue weighted by Gasteiger charge is 2.16. The molecule has 1 amide bonds. The fraction of sp³-hybridized carbons (Fsp3) is 0.667. The Morgan fingerprint density at radius 3 is 2.39 bits per heavy atom. The summed E-state index contributed by atoms with van der Waals surface area (Å²) in [7, 11) is 2.17. The third-order valence-electron chi connectivity index (χ3n) is 4.72. The van der Waals surface area contributed by atoms with Crippen LogP contribution in [0.25, 0.3) is 0 Å². The Labute approximate surface area is 189 Å². The van der Waals surface area contributed by atoms with Crippen LogP contribution in [-0.2, 0) is 11.2 Å². The number of aliphatic imine (C=N–C) groups is 1. The van der Waals surface area contributed by atoms with E-state index in [1.807, 2.05) is 45.0 Å². The predicted molar refractivity (Wildman–Crippen MR) is 131 cm³/mol. The van der Waals surface area contributed by atoms with Crippen LogP contribution in [0.2, 0.25) is 0 Å². The van der Waals surface area contributed by atoms with Crippen LogP contribution in [-0.4, -0.2) is 61.8 Å². The SMILES string of the molecule is CCNC(=NCCCCN(C)C(C)C)NCCc1ccc(NC(=O)OC(C)(C)C)cc1. The van der Waals surface area contributed by atoms with Crippen molar-refractivity contribution >= 4 is 17.7 Å². The molecule has 7 heteroatoms. The second-order valence-corrected chi connectivity index (χ2v) is 9.04. The number of ether oxygens (including phenoxy) is 1. The lowest BCUT2D eigenvalue weighted by Crippen LogP contribution is -2.38. The van der Waals surface area contributed by atoms with Gasteiger partial charge in [-0.15, -0.1) is 0 Å². The van der Waals surface area contributed by atoms with Gasteiger partial charge in [-0.3, -0.25) is 10.3 Å². The second kappa shape index (κ2) is 13.9. The van der Waals surface area contributed by atoms with Gasteiger partial charge in [-0.25, -0.2) is 4.79 Å². The molecular formula is C24H43N5O2. The maximum Gasteiger partial charge on any atom is 0.412 e. The van der Waals surface area contributed by atoms with E-state index < -0.39 is 11.7 Å². The summed E-state index contributed by atoms with van der Waals surface area (Å²) in [6.45, 7) is 15.6. The van der Waals surface area contributed by atoms with Crippen molar-refractivity contribution in [3.05, 3.63) is 29.8 Å². The molecule has 0 aliphatic rings. The number of guanidine groups is 1. The summed E-state index contributed by atoms with van der Waals surface area (Å²) >= 11 is 0. The number of benzene rings is 1. The molecule has 3 N–H and O–H groups in total. The topological polar surface area (TPSA) is 78.0 Å². The first-order valence-corrected chi connectivity index (χ1v) is 11.4. The van der Waals surface area contributed by atoms with Gasteiger partial charge in [-0.05, 0) is 92.1 Å². The maximum absolute atomic E-state index is 11.8. The third kappa shape index (κ3) is 12.9. The summed E-state index contributed by atoms with van der Waals surface area (Å²) in [6.07, 6.45) is 2.67. The van der Waals surface area contributed by atoms with Gasteiger partial charge in [0.05, 0.1) is 0 Å². The van der Waals surface area contributed by atoms with Crippen molar-refractivity contribution in [2.45, 2.75) is 72.4 Å². The number of unbranched alkanes of at least 4 members (excludes halogenated alkanes) is 1. The number of nitrogens with one attached hydrogen (secondary N) is 3. The summed E-state index contributed by atoms with van der Waals surface area (Å²) in [5.41, 5.74) is 1.41. The van der Waals surface area contributed by atoms with Crippen molar-refractivity contribution < 1.29 is 9.53 Å². The highest BCUT2D eigenvalue weighted by atomic mass is 16.6. The van der Waals surface area contributed by atoms with Gasteiger partial charge in [0.15, 0.2) is 5.96 Å². The quantitative estimate of drug-likeness (QED) is 0.276. The van der Waals surface area contributed by atoms with Crippen molar-refractivity contribution in [2.24, 2.45) is 4.99 Å². The van der Waals surface area contributed by atoms with Gasteiger partial charge < -0.3 is 20.3 Å². The summed E-state index contributed by atoms with van der Waals surface area (Å²) in [4.78, 5) is 18.9. The van der Waals surface area contributed by atoms with Gasteiger partial charge in [0.1, 0.15) is 5.60 Å². The molecule has 31 heavy (non-hydrogen) atoms. The van der Waals surface area contributed by atoms with Crippen LogP contribution in [0, 0.1) is 0 Å². The van der Waals surface area contributed by atoms with Crippen LogP contribution >= 0.6 is 0 Å². The lowest BCUT2D eigenvalue weighted by atomic mass is 10.1. The molecule has 0 aromatic heterocycles. The number of rotatable bonds is 11. The number of carbonyl (C=O) groups excluding carboxylic acids is 1. The molecule has 0 bridgehead atoms. The van der Waals surface area contributed by atoms with Crippen LogP contribution in [0.5, 0.6) is 0 Å². The first kappa shape index (κ1) is 26.8. The van der Waals surface area contributed by atoms with Gasteiger partial charge in [0, 0.05) is 31.4 Å². The Balaban J connectivity index is 2.38. The van der Waals surface area contributed by atoms with Gasteiger partial charge in [-0.1, -0.05) is 12.1 Å². The number of nitrogens with zero attached hydrogens (tertiary/aromatic N) is 2. The van der Waals surface area contributed by atoms with E-state index in [0.717, 1.165) is 57.1 Å². The smallest absolute Gasteiger partial charge is 0.412 e. The Bertz CT molecular complexity index is 666. The van der Waals surface area contributed by atoms with Crippen molar-refractivity contribution in [2.75, 3.05) is 38.5 Å². The molecule has 0 spiro atoms. The standard InChI is InChI=1S/C24H43N5O2/c1-8-25-22(26-16-9-10-18-29(7)19(2)3)27-17-15-20-11-13-21(14-12-20)28-23(30)31-24(4,5)6/h11-14,19H,8-10,15-18H2,1-7H3,(H,28,30)(H2,25,26,27). The normalized spacial score (nSPS) is 12.2. The second-order valence-electron chi connectivity index (χ2n) is 9.04. The number of carbonyl (C=O) groups is 1. The molecule has 0 saturated carbocycles. The molecule has 0 aliphatic heterocycles. The van der Waals surface area contributed by atoms with Crippen LogP contribution in [0.15, 0.2) is 29.3 Å². The molecule has 7 nitrogen and oxygen atoms in total. The van der Waals surface area contributed by atoms with Gasteiger partial charge >= 0.3 is 6.09 Å². The van der Waals surface area contributed by atoms with E-state index in [1.165, 1.54) is 5.56 Å².